The number of hydrogen-bond acceptors (Lipinski definition) is 10. The van der Waals surface area contributed by atoms with Crippen LogP contribution in [-0.2, 0) is 32.1 Å². The van der Waals surface area contributed by atoms with E-state index >= 15 is 0 Å². The van der Waals surface area contributed by atoms with E-state index in [0.717, 1.165) is 11.1 Å². The summed E-state index contributed by atoms with van der Waals surface area (Å²) in [5.41, 5.74) is 7.77. The molecule has 0 saturated carbocycles. The van der Waals surface area contributed by atoms with Crippen LogP contribution in [0.15, 0.2) is 73.3 Å². The van der Waals surface area contributed by atoms with Gasteiger partial charge in [0.05, 0.1) is 12.4 Å². The third kappa shape index (κ3) is 6.08. The summed E-state index contributed by atoms with van der Waals surface area (Å²) in [5.74, 6) is -2.06. The van der Waals surface area contributed by atoms with Gasteiger partial charge in [-0.25, -0.2) is 24.5 Å². The highest BCUT2D eigenvalue weighted by Gasteiger charge is 2.50. The molecule has 0 spiro atoms. The minimum Gasteiger partial charge on any atom is -0.479 e. The van der Waals surface area contributed by atoms with Gasteiger partial charge in [0.2, 0.25) is 5.91 Å². The van der Waals surface area contributed by atoms with E-state index in [2.05, 4.69) is 25.6 Å². The van der Waals surface area contributed by atoms with Crippen LogP contribution in [0.5, 0.6) is 0 Å². The molecule has 3 heterocycles. The first kappa shape index (κ1) is 27.5. The van der Waals surface area contributed by atoms with Gasteiger partial charge in [-0.2, -0.15) is 0 Å². The number of aliphatic hydroxyl groups is 1. The number of amides is 2. The fourth-order valence-electron chi connectivity index (χ4n) is 4.56. The lowest BCUT2D eigenvalue weighted by Gasteiger charge is -2.24. The van der Waals surface area contributed by atoms with Gasteiger partial charge in [0.25, 0.3) is 0 Å². The van der Waals surface area contributed by atoms with Crippen LogP contribution in [0.4, 0.5) is 10.6 Å². The third-order valence-corrected chi connectivity index (χ3v) is 6.59. The Bertz CT molecular complexity index is 1530. The minimum absolute atomic E-state index is 0.0166. The average molecular weight is 562 g/mol. The Morgan fingerprint density at radius 2 is 1.71 bits per heavy atom. The maximum Gasteiger partial charge on any atom is 0.408 e. The fraction of sp³-hybridized carbons (Fsp3) is 0.259. The van der Waals surface area contributed by atoms with Crippen molar-refractivity contribution in [3.05, 3.63) is 84.4 Å². The molecule has 1 saturated heterocycles. The van der Waals surface area contributed by atoms with E-state index in [4.69, 9.17) is 15.2 Å². The second kappa shape index (κ2) is 12.0. The molecule has 6 N–H and O–H groups in total. The first-order valence-electron chi connectivity index (χ1n) is 12.6. The monoisotopic (exact) mass is 561 g/mol. The molecule has 212 valence electrons. The number of anilines is 1. The number of benzene rings is 2. The molecule has 2 aromatic heterocycles. The molecule has 0 aliphatic carbocycles. The first-order valence-corrected chi connectivity index (χ1v) is 12.6. The lowest BCUT2D eigenvalue weighted by molar-refractivity contribution is -0.152. The van der Waals surface area contributed by atoms with Crippen LogP contribution >= 0.6 is 0 Å². The van der Waals surface area contributed by atoms with Gasteiger partial charge in [-0.3, -0.25) is 9.36 Å². The lowest BCUT2D eigenvalue weighted by Crippen LogP contribution is -2.56. The Morgan fingerprint density at radius 1 is 1.02 bits per heavy atom. The van der Waals surface area contributed by atoms with E-state index < -0.39 is 48.5 Å². The molecule has 4 aromatic rings. The van der Waals surface area contributed by atoms with Gasteiger partial charge in [0, 0.05) is 6.42 Å². The van der Waals surface area contributed by atoms with Crippen molar-refractivity contribution in [2.24, 2.45) is 0 Å². The Balaban J connectivity index is 1.34. The molecule has 41 heavy (non-hydrogen) atoms. The molecule has 0 unspecified atom stereocenters. The van der Waals surface area contributed by atoms with Gasteiger partial charge in [0.1, 0.15) is 30.6 Å². The van der Waals surface area contributed by atoms with Gasteiger partial charge in [-0.05, 0) is 11.1 Å². The number of aliphatic carboxylic acids is 1. The molecule has 1 aliphatic heterocycles. The third-order valence-electron chi connectivity index (χ3n) is 6.59. The highest BCUT2D eigenvalue weighted by atomic mass is 16.6. The molecular weight excluding hydrogens is 534 g/mol. The van der Waals surface area contributed by atoms with Crippen molar-refractivity contribution in [3.8, 4) is 0 Å². The van der Waals surface area contributed by atoms with Gasteiger partial charge >= 0.3 is 12.1 Å². The largest absolute Gasteiger partial charge is 0.479 e. The number of alkyl carbamates (subject to hydrolysis) is 1. The molecule has 1 fully saturated rings. The normalized spacial score (nSPS) is 20.8. The smallest absolute Gasteiger partial charge is 0.408 e. The lowest BCUT2D eigenvalue weighted by atomic mass is 10.0. The second-order valence-corrected chi connectivity index (χ2v) is 9.34. The number of fused-ring (bicyclic) bond motifs is 1. The summed E-state index contributed by atoms with van der Waals surface area (Å²) in [6.45, 7) is -0.0166. The van der Waals surface area contributed by atoms with E-state index in [1.165, 1.54) is 17.2 Å². The molecule has 0 bridgehead atoms. The van der Waals surface area contributed by atoms with Gasteiger partial charge in [0.15, 0.2) is 23.8 Å². The van der Waals surface area contributed by atoms with E-state index in [1.54, 1.807) is 48.5 Å². The second-order valence-electron chi connectivity index (χ2n) is 9.34. The van der Waals surface area contributed by atoms with Crippen LogP contribution in [0, 0.1) is 0 Å². The van der Waals surface area contributed by atoms with E-state index in [9.17, 15) is 24.6 Å². The summed E-state index contributed by atoms with van der Waals surface area (Å²) in [7, 11) is 0. The standard InChI is InChI=1S/C27H27N7O7/c28-22-19-23(30-13-29-22)34(14-31-19)25-20(35)18(21(41-25)26(37)38)33-24(36)17(11-15-7-3-1-4-8-15)32-27(39)40-12-16-9-5-2-6-10-16/h1-10,13-14,17-18,20-21,25,35H,11-12H2,(H,32,39)(H,33,36)(H,37,38)(H2,28,29,30)/t17-,18-,20+,21-,25+/m0/s1. The van der Waals surface area contributed by atoms with Crippen LogP contribution in [-0.4, -0.2) is 72.0 Å². The number of aliphatic hydroxyl groups excluding tert-OH is 1. The summed E-state index contributed by atoms with van der Waals surface area (Å²) in [5, 5.41) is 26.1. The van der Waals surface area contributed by atoms with Crippen LogP contribution < -0.4 is 16.4 Å². The number of carboxylic acids is 1. The van der Waals surface area contributed by atoms with Crippen molar-refractivity contribution in [2.45, 2.75) is 43.5 Å². The molecule has 14 nitrogen and oxygen atoms in total. The highest BCUT2D eigenvalue weighted by Crippen LogP contribution is 2.32. The number of imidazole rings is 1. The number of hydrogen-bond donors (Lipinski definition) is 5. The van der Waals surface area contributed by atoms with Crippen molar-refractivity contribution in [1.29, 1.82) is 0 Å². The van der Waals surface area contributed by atoms with E-state index in [0.29, 0.717) is 0 Å². The number of rotatable bonds is 9. The maximum absolute atomic E-state index is 13.5. The van der Waals surface area contributed by atoms with Crippen molar-refractivity contribution in [1.82, 2.24) is 30.2 Å². The molecule has 2 aromatic carbocycles. The first-order chi connectivity index (χ1) is 19.8. The zero-order valence-electron chi connectivity index (χ0n) is 21.5. The van der Waals surface area contributed by atoms with Crippen molar-refractivity contribution < 1.29 is 34.1 Å². The molecule has 0 radical (unpaired) electrons. The van der Waals surface area contributed by atoms with Crippen LogP contribution in [0.25, 0.3) is 11.2 Å². The number of ether oxygens (including phenoxy) is 2. The number of aromatic nitrogens is 4. The number of carboxylic acid groups (broad SMARTS) is 1. The molecule has 14 heteroatoms. The summed E-state index contributed by atoms with van der Waals surface area (Å²) in [6, 6.07) is 15.4. The summed E-state index contributed by atoms with van der Waals surface area (Å²) < 4.78 is 12.3. The summed E-state index contributed by atoms with van der Waals surface area (Å²) >= 11 is 0. The number of nitrogens with one attached hydrogen (secondary N) is 2. The number of nitrogens with zero attached hydrogens (tertiary/aromatic N) is 4. The highest BCUT2D eigenvalue weighted by molar-refractivity contribution is 5.87. The van der Waals surface area contributed by atoms with Crippen molar-refractivity contribution in [2.75, 3.05) is 5.73 Å². The predicted molar refractivity (Wildman–Crippen MR) is 143 cm³/mol. The maximum atomic E-state index is 13.5. The van der Waals surface area contributed by atoms with Gasteiger partial charge in [-0.15, -0.1) is 0 Å². The summed E-state index contributed by atoms with van der Waals surface area (Å²) in [4.78, 5) is 50.3. The molecule has 2 amide bonds. The van der Waals surface area contributed by atoms with Crippen LogP contribution in [0.1, 0.15) is 17.4 Å². The quantitative estimate of drug-likeness (QED) is 0.193. The molecule has 5 rings (SSSR count). The van der Waals surface area contributed by atoms with Crippen molar-refractivity contribution >= 4 is 35.0 Å². The van der Waals surface area contributed by atoms with E-state index in [-0.39, 0.29) is 30.0 Å². The number of carbonyl (C=O) groups excluding carboxylic acids is 2. The van der Waals surface area contributed by atoms with Gasteiger partial charge in [-0.1, -0.05) is 60.7 Å². The van der Waals surface area contributed by atoms with E-state index in [1.807, 2.05) is 12.1 Å². The number of nitrogen functional groups attached to an aromatic ring is 1. The molecule has 1 aliphatic rings. The van der Waals surface area contributed by atoms with Crippen LogP contribution in [0.3, 0.4) is 0 Å². The molecule has 5 atom stereocenters. The fourth-order valence-corrected chi connectivity index (χ4v) is 4.56. The topological polar surface area (TPSA) is 204 Å². The molecular formula is C27H27N7O7. The average Bonchev–Trinajstić information content (AvgIpc) is 3.54. The Kier molecular flexibility index (Phi) is 8.03. The van der Waals surface area contributed by atoms with Gasteiger partial charge < -0.3 is 36.1 Å². The SMILES string of the molecule is Nc1ncnc2c1ncn2[C@@H]1O[C@H](C(=O)O)[C@@H](NC(=O)[C@H](Cc2ccccc2)NC(=O)OCc2ccccc2)[C@H]1O. The van der Waals surface area contributed by atoms with Crippen molar-refractivity contribution in [3.63, 3.8) is 0 Å². The zero-order chi connectivity index (χ0) is 28.9. The Labute approximate surface area is 233 Å². The zero-order valence-corrected chi connectivity index (χ0v) is 21.5. The number of carbonyl (C=O) groups is 3. The number of nitrogens with two attached hydrogens (primary N) is 1. The predicted octanol–water partition coefficient (Wildman–Crippen LogP) is 0.774. The van der Waals surface area contributed by atoms with Crippen LogP contribution in [0.2, 0.25) is 0 Å². The Morgan fingerprint density at radius 3 is 2.39 bits per heavy atom. The summed E-state index contributed by atoms with van der Waals surface area (Å²) in [6.07, 6.45) is -2.72. The minimum atomic E-state index is -1.63. The Hall–Kier alpha value is -5.08.